The molecule has 2 aromatic carbocycles. The van der Waals surface area contributed by atoms with E-state index in [2.05, 4.69) is 4.90 Å². The van der Waals surface area contributed by atoms with Crippen molar-refractivity contribution in [3.05, 3.63) is 76.5 Å². The average Bonchev–Trinajstić information content (AvgIpc) is 3.39. The van der Waals surface area contributed by atoms with E-state index < -0.39 is 23.7 Å². The molecule has 2 heterocycles. The number of hydrogen-bond acceptors (Lipinski definition) is 6. The quantitative estimate of drug-likeness (QED) is 0.268. The van der Waals surface area contributed by atoms with Crippen LogP contribution >= 0.6 is 0 Å². The number of piperidine rings is 1. The van der Waals surface area contributed by atoms with E-state index in [9.17, 15) is 18.4 Å². The van der Waals surface area contributed by atoms with Gasteiger partial charge >= 0.3 is 12.1 Å². The molecule has 0 bridgehead atoms. The fourth-order valence-electron chi connectivity index (χ4n) is 6.64. The lowest BCUT2D eigenvalue weighted by Gasteiger charge is -2.52. The van der Waals surface area contributed by atoms with Crippen LogP contribution in [-0.2, 0) is 16.0 Å². The van der Waals surface area contributed by atoms with E-state index in [1.165, 1.54) is 7.11 Å². The maximum Gasteiger partial charge on any atom is 0.419 e. The molecule has 9 heteroatoms. The highest BCUT2D eigenvalue weighted by Crippen LogP contribution is 2.57. The number of likely N-dealkylation sites (tertiary alicyclic amines) is 1. The molecule has 1 aliphatic heterocycles. The smallest absolute Gasteiger partial charge is 0.419 e. The van der Waals surface area contributed by atoms with Gasteiger partial charge in [-0.3, -0.25) is 9.47 Å². The molecule has 7 nitrogen and oxygen atoms in total. The molecule has 1 saturated carbocycles. The van der Waals surface area contributed by atoms with Crippen molar-refractivity contribution in [3.8, 4) is 5.75 Å². The zero-order chi connectivity index (χ0) is 31.1. The van der Waals surface area contributed by atoms with Crippen LogP contribution in [0.3, 0.4) is 0 Å². The highest BCUT2D eigenvalue weighted by molar-refractivity contribution is 5.95. The van der Waals surface area contributed by atoms with Crippen molar-refractivity contribution in [2.24, 2.45) is 5.41 Å². The van der Waals surface area contributed by atoms with Crippen LogP contribution in [0.15, 0.2) is 54.2 Å². The van der Waals surface area contributed by atoms with Gasteiger partial charge in [0.05, 0.1) is 24.8 Å². The van der Waals surface area contributed by atoms with Crippen molar-refractivity contribution < 1.29 is 32.6 Å². The number of allylic oxidation sites excluding steroid dienone is 1. The van der Waals surface area contributed by atoms with Gasteiger partial charge in [0.15, 0.2) is 0 Å². The Bertz CT molecular complexity index is 1560. The average molecular weight is 595 g/mol. The van der Waals surface area contributed by atoms with Crippen LogP contribution in [0.5, 0.6) is 5.75 Å². The fraction of sp³-hybridized carbons (Fsp3) is 0.471. The first kappa shape index (κ1) is 30.7. The third-order valence-corrected chi connectivity index (χ3v) is 8.64. The van der Waals surface area contributed by atoms with Gasteiger partial charge in [-0.15, -0.1) is 0 Å². The molecule has 5 rings (SSSR count). The Hall–Kier alpha value is -3.72. The summed E-state index contributed by atoms with van der Waals surface area (Å²) < 4.78 is 45.0. The lowest BCUT2D eigenvalue weighted by Crippen LogP contribution is -2.46. The Labute approximate surface area is 251 Å². The highest BCUT2D eigenvalue weighted by atomic mass is 19.3. The topological polar surface area (TPSA) is 70.0 Å². The first-order valence-corrected chi connectivity index (χ1v) is 14.8. The first-order chi connectivity index (χ1) is 20.3. The zero-order valence-electron chi connectivity index (χ0n) is 25.8. The number of methoxy groups -OCH3 is 1. The minimum atomic E-state index is -1.55. The molecule has 1 aromatic heterocycles. The molecule has 2 fully saturated rings. The molecule has 0 radical (unpaired) electrons. The molecule has 2 aliphatic rings. The molecule has 3 aromatic rings. The molecular weight excluding hydrogens is 554 g/mol. The van der Waals surface area contributed by atoms with E-state index in [0.29, 0.717) is 38.1 Å². The van der Waals surface area contributed by atoms with Gasteiger partial charge in [-0.1, -0.05) is 12.1 Å². The standard InChI is InChI=1S/C34H40F2N2O5/c1-7-42-28-16-21(2)29-25(12-14-38(29)32(40)43-33(3,4)5)26(28)20-37-15-13-34(17-24(18-34)30(35)36)19-27(37)22-8-10-23(11-9-22)31(39)41-6/h8-12,14,16,27H,7,13,15,17-20H2,1-6H3/t27-/m0/s1. The first-order valence-electron chi connectivity index (χ1n) is 14.8. The van der Waals surface area contributed by atoms with Crippen molar-refractivity contribution >= 4 is 23.0 Å². The summed E-state index contributed by atoms with van der Waals surface area (Å²) >= 11 is 0. The number of aryl methyl sites for hydroxylation is 1. The summed E-state index contributed by atoms with van der Waals surface area (Å²) in [6, 6.07) is 11.2. The number of carbonyl (C=O) groups is 2. The molecule has 43 heavy (non-hydrogen) atoms. The molecular formula is C34H40F2N2O5. The second-order valence-corrected chi connectivity index (χ2v) is 12.8. The number of fused-ring (bicyclic) bond motifs is 1. The maximum atomic E-state index is 13.4. The SMILES string of the molecule is CCOc1cc(C)c2c(ccn2C(=O)OC(C)(C)C)c1CN1CCC2(CC(=C(F)F)C2)C[C@H]1c1ccc(C(=O)OC)cc1. The Kier molecular flexibility index (Phi) is 8.40. The number of halogens is 2. The van der Waals surface area contributed by atoms with Crippen LogP contribution in [0.1, 0.15) is 86.5 Å². The van der Waals surface area contributed by atoms with Crippen LogP contribution in [-0.4, -0.2) is 47.4 Å². The predicted molar refractivity (Wildman–Crippen MR) is 161 cm³/mol. The van der Waals surface area contributed by atoms with Gasteiger partial charge in [0, 0.05) is 29.7 Å². The minimum Gasteiger partial charge on any atom is -0.494 e. The molecule has 230 valence electrons. The van der Waals surface area contributed by atoms with Gasteiger partial charge in [0.1, 0.15) is 11.4 Å². The molecule has 1 atom stereocenters. The highest BCUT2D eigenvalue weighted by Gasteiger charge is 2.48. The van der Waals surface area contributed by atoms with E-state index in [0.717, 1.165) is 46.2 Å². The third-order valence-electron chi connectivity index (χ3n) is 8.64. The van der Waals surface area contributed by atoms with E-state index in [-0.39, 0.29) is 17.0 Å². The molecule has 1 spiro atoms. The number of carbonyl (C=O) groups excluding carboxylic acids is 2. The van der Waals surface area contributed by atoms with Gasteiger partial charge in [0.2, 0.25) is 0 Å². The van der Waals surface area contributed by atoms with Gasteiger partial charge in [-0.05, 0) is 113 Å². The van der Waals surface area contributed by atoms with Crippen LogP contribution in [0.2, 0.25) is 0 Å². The summed E-state index contributed by atoms with van der Waals surface area (Å²) in [4.78, 5) is 27.6. The second kappa shape index (κ2) is 11.8. The second-order valence-electron chi connectivity index (χ2n) is 12.8. The monoisotopic (exact) mass is 594 g/mol. The van der Waals surface area contributed by atoms with Crippen LogP contribution in [0.4, 0.5) is 13.6 Å². The van der Waals surface area contributed by atoms with Crippen molar-refractivity contribution in [1.82, 2.24) is 9.47 Å². The Morgan fingerprint density at radius 1 is 1.09 bits per heavy atom. The summed E-state index contributed by atoms with van der Waals surface area (Å²) in [5, 5.41) is 0.905. The zero-order valence-corrected chi connectivity index (χ0v) is 25.8. The van der Waals surface area contributed by atoms with Crippen LogP contribution in [0, 0.1) is 12.3 Å². The molecule has 0 N–H and O–H groups in total. The number of hydrogen-bond donors (Lipinski definition) is 0. The van der Waals surface area contributed by atoms with E-state index >= 15 is 0 Å². The van der Waals surface area contributed by atoms with Gasteiger partial charge in [-0.2, -0.15) is 8.78 Å². The summed E-state index contributed by atoms with van der Waals surface area (Å²) in [5.41, 5.74) is 3.54. The Balaban J connectivity index is 1.54. The molecule has 1 aliphatic carbocycles. The summed E-state index contributed by atoms with van der Waals surface area (Å²) in [5.74, 6) is 0.344. The Morgan fingerprint density at radius 2 is 1.79 bits per heavy atom. The number of nitrogens with zero attached hydrogens (tertiary/aromatic N) is 2. The summed E-state index contributed by atoms with van der Waals surface area (Å²) in [7, 11) is 1.35. The van der Waals surface area contributed by atoms with Crippen LogP contribution < -0.4 is 4.74 Å². The van der Waals surface area contributed by atoms with Crippen molar-refractivity contribution in [2.75, 3.05) is 20.3 Å². The minimum absolute atomic E-state index is 0.0663. The lowest BCUT2D eigenvalue weighted by atomic mass is 9.58. The van der Waals surface area contributed by atoms with Crippen LogP contribution in [0.25, 0.3) is 10.9 Å². The summed E-state index contributed by atoms with van der Waals surface area (Å²) in [6.07, 6.45) is 2.10. The number of rotatable bonds is 6. The number of ether oxygens (including phenoxy) is 3. The molecule has 0 unspecified atom stereocenters. The van der Waals surface area contributed by atoms with Crippen molar-refractivity contribution in [3.63, 3.8) is 0 Å². The largest absolute Gasteiger partial charge is 0.494 e. The van der Waals surface area contributed by atoms with E-state index in [1.54, 1.807) is 22.9 Å². The Morgan fingerprint density at radius 3 is 2.40 bits per heavy atom. The summed E-state index contributed by atoms with van der Waals surface area (Å²) in [6.45, 7) is 11.1. The number of benzene rings is 2. The number of esters is 1. The molecule has 0 amide bonds. The predicted octanol–water partition coefficient (Wildman–Crippen LogP) is 8.19. The van der Waals surface area contributed by atoms with Crippen molar-refractivity contribution in [1.29, 1.82) is 0 Å². The van der Waals surface area contributed by atoms with Crippen molar-refractivity contribution in [2.45, 2.75) is 78.5 Å². The maximum absolute atomic E-state index is 13.4. The number of aromatic nitrogens is 1. The van der Waals surface area contributed by atoms with Gasteiger partial charge in [0.25, 0.3) is 6.08 Å². The fourth-order valence-corrected chi connectivity index (χ4v) is 6.64. The molecule has 1 saturated heterocycles. The van der Waals surface area contributed by atoms with Gasteiger partial charge in [-0.25, -0.2) is 9.59 Å². The van der Waals surface area contributed by atoms with E-state index in [4.69, 9.17) is 14.2 Å². The normalized spacial score (nSPS) is 20.7. The van der Waals surface area contributed by atoms with E-state index in [1.807, 2.05) is 58.9 Å². The van der Waals surface area contributed by atoms with Gasteiger partial charge < -0.3 is 14.2 Å². The third kappa shape index (κ3) is 6.18. The lowest BCUT2D eigenvalue weighted by molar-refractivity contribution is 0.0139.